The molecule has 2 amide bonds. The van der Waals surface area contributed by atoms with Crippen LogP contribution >= 0.6 is 0 Å². The molecule has 5 heteroatoms. The van der Waals surface area contributed by atoms with Crippen LogP contribution < -0.4 is 5.32 Å². The molecule has 1 aromatic carbocycles. The SMILES string of the molecule is CC(C)C[C@H]1C(=O)N2[C@H](CNC(=O)[C@@H]2CC(C)C)CN1CCCc1ccccc1. The third kappa shape index (κ3) is 5.39. The van der Waals surface area contributed by atoms with Crippen LogP contribution in [-0.2, 0) is 16.0 Å². The summed E-state index contributed by atoms with van der Waals surface area (Å²) in [4.78, 5) is 30.5. The molecule has 160 valence electrons. The molecule has 29 heavy (non-hydrogen) atoms. The van der Waals surface area contributed by atoms with E-state index in [1.54, 1.807) is 0 Å². The zero-order valence-electron chi connectivity index (χ0n) is 18.4. The first-order valence-electron chi connectivity index (χ1n) is 11.2. The smallest absolute Gasteiger partial charge is 0.242 e. The van der Waals surface area contributed by atoms with Crippen LogP contribution in [0.1, 0.15) is 52.5 Å². The van der Waals surface area contributed by atoms with E-state index in [2.05, 4.69) is 62.2 Å². The van der Waals surface area contributed by atoms with Crippen LogP contribution in [0.2, 0.25) is 0 Å². The minimum Gasteiger partial charge on any atom is -0.352 e. The van der Waals surface area contributed by atoms with Crippen molar-refractivity contribution >= 4 is 11.8 Å². The van der Waals surface area contributed by atoms with E-state index in [1.807, 2.05) is 11.0 Å². The first-order valence-corrected chi connectivity index (χ1v) is 11.2. The maximum atomic E-state index is 13.6. The molecular weight excluding hydrogens is 362 g/mol. The van der Waals surface area contributed by atoms with E-state index < -0.39 is 0 Å². The Morgan fingerprint density at radius 2 is 1.66 bits per heavy atom. The Labute approximate surface area is 175 Å². The van der Waals surface area contributed by atoms with Gasteiger partial charge in [-0.15, -0.1) is 0 Å². The third-order valence-electron chi connectivity index (χ3n) is 6.11. The maximum Gasteiger partial charge on any atom is 0.242 e. The Kier molecular flexibility index (Phi) is 7.33. The fourth-order valence-electron chi connectivity index (χ4n) is 4.77. The Bertz CT molecular complexity index is 689. The number of hydrogen-bond donors (Lipinski definition) is 1. The molecule has 1 N–H and O–H groups in total. The van der Waals surface area contributed by atoms with Gasteiger partial charge in [-0.05, 0) is 49.6 Å². The van der Waals surface area contributed by atoms with Gasteiger partial charge in [0.1, 0.15) is 6.04 Å². The fraction of sp³-hybridized carbons (Fsp3) is 0.667. The van der Waals surface area contributed by atoms with E-state index in [1.165, 1.54) is 5.56 Å². The molecule has 2 heterocycles. The largest absolute Gasteiger partial charge is 0.352 e. The zero-order valence-corrected chi connectivity index (χ0v) is 18.4. The van der Waals surface area contributed by atoms with Crippen LogP contribution in [0.3, 0.4) is 0 Å². The van der Waals surface area contributed by atoms with Gasteiger partial charge in [0.2, 0.25) is 11.8 Å². The van der Waals surface area contributed by atoms with Crippen molar-refractivity contribution in [2.45, 2.75) is 71.5 Å². The first kappa shape index (κ1) is 21.8. The molecule has 1 aromatic rings. The molecule has 3 rings (SSSR count). The second kappa shape index (κ2) is 9.75. The number of fused-ring (bicyclic) bond motifs is 1. The van der Waals surface area contributed by atoms with Gasteiger partial charge in [-0.3, -0.25) is 14.5 Å². The highest BCUT2D eigenvalue weighted by Crippen LogP contribution is 2.28. The maximum absolute atomic E-state index is 13.6. The van der Waals surface area contributed by atoms with Crippen molar-refractivity contribution in [2.24, 2.45) is 11.8 Å². The van der Waals surface area contributed by atoms with Gasteiger partial charge < -0.3 is 10.2 Å². The summed E-state index contributed by atoms with van der Waals surface area (Å²) in [6.07, 6.45) is 3.65. The van der Waals surface area contributed by atoms with Gasteiger partial charge in [-0.25, -0.2) is 0 Å². The summed E-state index contributed by atoms with van der Waals surface area (Å²) in [7, 11) is 0. The molecule has 0 radical (unpaired) electrons. The lowest BCUT2D eigenvalue weighted by Gasteiger charge is -2.51. The Balaban J connectivity index is 1.72. The Morgan fingerprint density at radius 3 is 2.31 bits per heavy atom. The van der Waals surface area contributed by atoms with E-state index >= 15 is 0 Å². The quantitative estimate of drug-likeness (QED) is 0.731. The van der Waals surface area contributed by atoms with E-state index in [-0.39, 0.29) is 29.9 Å². The molecule has 0 spiro atoms. The van der Waals surface area contributed by atoms with Crippen LogP contribution in [0.5, 0.6) is 0 Å². The number of rotatable bonds is 8. The molecule has 2 aliphatic heterocycles. The average Bonchev–Trinajstić information content (AvgIpc) is 2.67. The lowest BCUT2D eigenvalue weighted by atomic mass is 9.90. The number of amides is 2. The molecule has 5 nitrogen and oxygen atoms in total. The number of aryl methyl sites for hydroxylation is 1. The fourth-order valence-corrected chi connectivity index (χ4v) is 4.77. The monoisotopic (exact) mass is 399 g/mol. The van der Waals surface area contributed by atoms with E-state index in [9.17, 15) is 9.59 Å². The standard InChI is InChI=1S/C24H37N3O2/c1-17(2)13-21-23(28)25-15-20-16-26(12-8-11-19-9-6-5-7-10-19)22(14-18(3)4)24(29)27(20)21/h5-7,9-10,17-18,20-22H,8,11-16H2,1-4H3,(H,25,28)/t20-,21+,22+/m1/s1. The molecule has 2 aliphatic rings. The Morgan fingerprint density at radius 1 is 1.00 bits per heavy atom. The third-order valence-corrected chi connectivity index (χ3v) is 6.11. The normalized spacial score (nSPS) is 25.4. The van der Waals surface area contributed by atoms with Gasteiger partial charge in [0, 0.05) is 13.1 Å². The Hall–Kier alpha value is -1.88. The van der Waals surface area contributed by atoms with Gasteiger partial charge in [-0.1, -0.05) is 58.0 Å². The predicted molar refractivity (Wildman–Crippen MR) is 116 cm³/mol. The number of nitrogens with one attached hydrogen (secondary N) is 1. The molecule has 0 unspecified atom stereocenters. The molecule has 0 aliphatic carbocycles. The van der Waals surface area contributed by atoms with Crippen molar-refractivity contribution in [1.29, 1.82) is 0 Å². The van der Waals surface area contributed by atoms with Crippen LogP contribution in [-0.4, -0.2) is 59.4 Å². The lowest BCUT2D eigenvalue weighted by Crippen LogP contribution is -2.72. The van der Waals surface area contributed by atoms with Crippen LogP contribution in [0, 0.1) is 11.8 Å². The number of carbonyl (C=O) groups is 2. The zero-order chi connectivity index (χ0) is 21.0. The molecule has 3 atom stereocenters. The highest BCUT2D eigenvalue weighted by Gasteiger charge is 2.47. The first-order chi connectivity index (χ1) is 13.9. The van der Waals surface area contributed by atoms with Crippen molar-refractivity contribution in [3.63, 3.8) is 0 Å². The summed E-state index contributed by atoms with van der Waals surface area (Å²) in [5.74, 6) is 1.00. The second-order valence-corrected chi connectivity index (χ2v) is 9.52. The summed E-state index contributed by atoms with van der Waals surface area (Å²) < 4.78 is 0. The summed E-state index contributed by atoms with van der Waals surface area (Å²) in [6, 6.07) is 10.2. The van der Waals surface area contributed by atoms with E-state index in [0.717, 1.165) is 38.8 Å². The molecule has 2 saturated heterocycles. The molecule has 0 aromatic heterocycles. The van der Waals surface area contributed by atoms with Crippen molar-refractivity contribution in [1.82, 2.24) is 15.1 Å². The number of piperazine rings is 2. The summed E-state index contributed by atoms with van der Waals surface area (Å²) in [5, 5.41) is 3.06. The summed E-state index contributed by atoms with van der Waals surface area (Å²) in [6.45, 7) is 10.9. The molecule has 2 fully saturated rings. The van der Waals surface area contributed by atoms with Crippen molar-refractivity contribution in [3.05, 3.63) is 35.9 Å². The van der Waals surface area contributed by atoms with Crippen molar-refractivity contribution in [2.75, 3.05) is 19.6 Å². The minimum absolute atomic E-state index is 0.0177. The summed E-state index contributed by atoms with van der Waals surface area (Å²) in [5.41, 5.74) is 1.35. The van der Waals surface area contributed by atoms with Gasteiger partial charge in [-0.2, -0.15) is 0 Å². The second-order valence-electron chi connectivity index (χ2n) is 9.52. The van der Waals surface area contributed by atoms with Gasteiger partial charge >= 0.3 is 0 Å². The molecular formula is C24H37N3O2. The average molecular weight is 400 g/mol. The van der Waals surface area contributed by atoms with E-state index in [0.29, 0.717) is 18.4 Å². The van der Waals surface area contributed by atoms with E-state index in [4.69, 9.17) is 0 Å². The van der Waals surface area contributed by atoms with Gasteiger partial charge in [0.15, 0.2) is 0 Å². The van der Waals surface area contributed by atoms with Gasteiger partial charge in [0.05, 0.1) is 12.1 Å². The molecule has 0 bridgehead atoms. The number of hydrogen-bond acceptors (Lipinski definition) is 3. The lowest BCUT2D eigenvalue weighted by molar-refractivity contribution is -0.159. The van der Waals surface area contributed by atoms with Crippen molar-refractivity contribution < 1.29 is 9.59 Å². The van der Waals surface area contributed by atoms with Gasteiger partial charge in [0.25, 0.3) is 0 Å². The minimum atomic E-state index is -0.317. The number of nitrogens with zero attached hydrogens (tertiary/aromatic N) is 2. The van der Waals surface area contributed by atoms with Crippen LogP contribution in [0.25, 0.3) is 0 Å². The van der Waals surface area contributed by atoms with Crippen LogP contribution in [0.15, 0.2) is 30.3 Å². The summed E-state index contributed by atoms with van der Waals surface area (Å²) >= 11 is 0. The topological polar surface area (TPSA) is 52.7 Å². The molecule has 0 saturated carbocycles. The number of benzene rings is 1. The van der Waals surface area contributed by atoms with Crippen molar-refractivity contribution in [3.8, 4) is 0 Å². The highest BCUT2D eigenvalue weighted by atomic mass is 16.2. The predicted octanol–water partition coefficient (Wildman–Crippen LogP) is 3.09. The highest BCUT2D eigenvalue weighted by molar-refractivity contribution is 5.92. The van der Waals surface area contributed by atoms with Crippen LogP contribution in [0.4, 0.5) is 0 Å². The number of carbonyl (C=O) groups excluding carboxylic acids is 2.